The molecular formula is C13H22N4O. The van der Waals surface area contributed by atoms with Crippen LogP contribution >= 0.6 is 0 Å². The number of nitrogens with zero attached hydrogens (tertiary/aromatic N) is 3. The highest BCUT2D eigenvalue weighted by Gasteiger charge is 2.23. The molecule has 1 atom stereocenters. The van der Waals surface area contributed by atoms with E-state index in [4.69, 9.17) is 5.73 Å². The number of carbonyl (C=O) groups is 1. The highest BCUT2D eigenvalue weighted by molar-refractivity contribution is 5.98. The average molecular weight is 250 g/mol. The average Bonchev–Trinajstić information content (AvgIpc) is 2.60. The van der Waals surface area contributed by atoms with Crippen LogP contribution in [0.1, 0.15) is 43.0 Å². The molecule has 0 bridgehead atoms. The number of nitrogens with two attached hydrogens (primary N) is 1. The van der Waals surface area contributed by atoms with Crippen LogP contribution in [0.2, 0.25) is 0 Å². The number of hydrogen-bond acceptors (Lipinski definition) is 3. The molecule has 1 aromatic rings. The minimum Gasteiger partial charge on any atom is -0.383 e. The van der Waals surface area contributed by atoms with Gasteiger partial charge in [0.2, 0.25) is 0 Å². The van der Waals surface area contributed by atoms with Crippen molar-refractivity contribution in [2.24, 2.45) is 13.0 Å². The number of carbonyl (C=O) groups excluding carboxylic acids is 1. The Bertz CT molecular complexity index is 427. The Morgan fingerprint density at radius 1 is 1.50 bits per heavy atom. The Morgan fingerprint density at radius 3 is 2.89 bits per heavy atom. The van der Waals surface area contributed by atoms with Crippen molar-refractivity contribution in [1.82, 2.24) is 14.7 Å². The van der Waals surface area contributed by atoms with Crippen LogP contribution in [0.25, 0.3) is 0 Å². The van der Waals surface area contributed by atoms with E-state index in [-0.39, 0.29) is 5.91 Å². The first kappa shape index (κ1) is 12.9. The molecule has 18 heavy (non-hydrogen) atoms. The van der Waals surface area contributed by atoms with Crippen molar-refractivity contribution < 1.29 is 4.79 Å². The van der Waals surface area contributed by atoms with Gasteiger partial charge in [0, 0.05) is 20.1 Å². The molecule has 0 saturated carbocycles. The van der Waals surface area contributed by atoms with E-state index in [1.165, 1.54) is 12.8 Å². The van der Waals surface area contributed by atoms with Crippen molar-refractivity contribution in [2.45, 2.75) is 32.6 Å². The predicted molar refractivity (Wildman–Crippen MR) is 71.2 cm³/mol. The Morgan fingerprint density at radius 2 is 2.28 bits per heavy atom. The SMILES string of the molecule is CCC1CCCN(C(=O)c2cnn(C)c2N)CC1. The molecule has 1 aromatic heterocycles. The van der Waals surface area contributed by atoms with Gasteiger partial charge in [-0.3, -0.25) is 9.48 Å². The lowest BCUT2D eigenvalue weighted by Gasteiger charge is -2.20. The number of amides is 1. The topological polar surface area (TPSA) is 64.2 Å². The molecule has 1 unspecified atom stereocenters. The fourth-order valence-electron chi connectivity index (χ4n) is 2.56. The van der Waals surface area contributed by atoms with Gasteiger partial charge in [0.25, 0.3) is 5.91 Å². The minimum absolute atomic E-state index is 0.0253. The van der Waals surface area contributed by atoms with Crippen LogP contribution in [0, 0.1) is 5.92 Å². The van der Waals surface area contributed by atoms with Gasteiger partial charge in [-0.05, 0) is 25.2 Å². The summed E-state index contributed by atoms with van der Waals surface area (Å²) >= 11 is 0. The summed E-state index contributed by atoms with van der Waals surface area (Å²) in [6, 6.07) is 0. The molecule has 1 amide bonds. The number of likely N-dealkylation sites (tertiary alicyclic amines) is 1. The van der Waals surface area contributed by atoms with Crippen molar-refractivity contribution in [3.05, 3.63) is 11.8 Å². The van der Waals surface area contributed by atoms with Gasteiger partial charge < -0.3 is 10.6 Å². The fourth-order valence-corrected chi connectivity index (χ4v) is 2.56. The number of rotatable bonds is 2. The first-order chi connectivity index (χ1) is 8.63. The molecule has 1 aliphatic rings. The summed E-state index contributed by atoms with van der Waals surface area (Å²) < 4.78 is 1.54. The highest BCUT2D eigenvalue weighted by atomic mass is 16.2. The van der Waals surface area contributed by atoms with Crippen LogP contribution in [-0.2, 0) is 7.05 Å². The number of anilines is 1. The summed E-state index contributed by atoms with van der Waals surface area (Å²) in [5.74, 6) is 1.24. The monoisotopic (exact) mass is 250 g/mol. The third-order valence-corrected chi connectivity index (χ3v) is 3.93. The zero-order chi connectivity index (χ0) is 13.1. The smallest absolute Gasteiger partial charge is 0.259 e. The van der Waals surface area contributed by atoms with Gasteiger partial charge >= 0.3 is 0 Å². The molecule has 2 rings (SSSR count). The second-order valence-corrected chi connectivity index (χ2v) is 5.06. The van der Waals surface area contributed by atoms with Crippen LogP contribution < -0.4 is 5.73 Å². The molecule has 2 heterocycles. The zero-order valence-electron chi connectivity index (χ0n) is 11.2. The van der Waals surface area contributed by atoms with Gasteiger partial charge in [-0.15, -0.1) is 0 Å². The van der Waals surface area contributed by atoms with Crippen molar-refractivity contribution in [3.8, 4) is 0 Å². The molecule has 0 spiro atoms. The first-order valence-electron chi connectivity index (χ1n) is 6.70. The van der Waals surface area contributed by atoms with E-state index in [0.29, 0.717) is 11.4 Å². The molecule has 0 radical (unpaired) electrons. The van der Waals surface area contributed by atoms with Crippen LogP contribution in [-0.4, -0.2) is 33.7 Å². The Hall–Kier alpha value is -1.52. The lowest BCUT2D eigenvalue weighted by atomic mass is 9.98. The van der Waals surface area contributed by atoms with Gasteiger partial charge in [-0.2, -0.15) is 5.10 Å². The maximum absolute atomic E-state index is 12.4. The molecule has 0 aliphatic carbocycles. The maximum Gasteiger partial charge on any atom is 0.259 e. The molecule has 0 aromatic carbocycles. The molecule has 5 heteroatoms. The van der Waals surface area contributed by atoms with E-state index >= 15 is 0 Å². The summed E-state index contributed by atoms with van der Waals surface area (Å²) in [4.78, 5) is 14.3. The first-order valence-corrected chi connectivity index (χ1v) is 6.70. The number of aromatic nitrogens is 2. The summed E-state index contributed by atoms with van der Waals surface area (Å²) in [7, 11) is 1.75. The van der Waals surface area contributed by atoms with Crippen molar-refractivity contribution in [1.29, 1.82) is 0 Å². The third-order valence-electron chi connectivity index (χ3n) is 3.93. The lowest BCUT2D eigenvalue weighted by Crippen LogP contribution is -2.32. The van der Waals surface area contributed by atoms with Crippen LogP contribution in [0.4, 0.5) is 5.82 Å². The summed E-state index contributed by atoms with van der Waals surface area (Å²) in [6.45, 7) is 3.90. The molecule has 1 fully saturated rings. The Kier molecular flexibility index (Phi) is 3.89. The van der Waals surface area contributed by atoms with Gasteiger partial charge in [-0.25, -0.2) is 0 Å². The van der Waals surface area contributed by atoms with E-state index < -0.39 is 0 Å². The number of nitrogen functional groups attached to an aromatic ring is 1. The van der Waals surface area contributed by atoms with Crippen LogP contribution in [0.5, 0.6) is 0 Å². The van der Waals surface area contributed by atoms with Gasteiger partial charge in [0.15, 0.2) is 0 Å². The summed E-state index contributed by atoms with van der Waals surface area (Å²) in [6.07, 6.45) is 6.19. The lowest BCUT2D eigenvalue weighted by molar-refractivity contribution is 0.0761. The van der Waals surface area contributed by atoms with Gasteiger partial charge in [-0.1, -0.05) is 13.3 Å². The van der Waals surface area contributed by atoms with Crippen molar-refractivity contribution >= 4 is 11.7 Å². The minimum atomic E-state index is 0.0253. The Labute approximate surface area is 108 Å². The van der Waals surface area contributed by atoms with E-state index in [1.54, 1.807) is 17.9 Å². The van der Waals surface area contributed by atoms with Crippen LogP contribution in [0.3, 0.4) is 0 Å². The highest BCUT2D eigenvalue weighted by Crippen LogP contribution is 2.22. The Balaban J connectivity index is 2.07. The largest absolute Gasteiger partial charge is 0.383 e. The summed E-state index contributed by atoms with van der Waals surface area (Å²) in [5, 5.41) is 4.03. The normalized spacial score (nSPS) is 20.8. The van der Waals surface area contributed by atoms with Crippen molar-refractivity contribution in [3.63, 3.8) is 0 Å². The van der Waals surface area contributed by atoms with E-state index in [2.05, 4.69) is 12.0 Å². The molecule has 5 nitrogen and oxygen atoms in total. The van der Waals surface area contributed by atoms with E-state index in [1.807, 2.05) is 4.90 Å². The predicted octanol–water partition coefficient (Wildman–Crippen LogP) is 1.65. The molecule has 2 N–H and O–H groups in total. The standard InChI is InChI=1S/C13H22N4O/c1-3-10-5-4-7-17(8-6-10)13(18)11-9-15-16(2)12(11)14/h9-10H,3-8,14H2,1-2H3. The quantitative estimate of drug-likeness (QED) is 0.868. The molecule has 1 saturated heterocycles. The van der Waals surface area contributed by atoms with Crippen LogP contribution in [0.15, 0.2) is 6.20 Å². The van der Waals surface area contributed by atoms with Gasteiger partial charge in [0.05, 0.1) is 6.20 Å². The zero-order valence-corrected chi connectivity index (χ0v) is 11.2. The number of aryl methyl sites for hydroxylation is 1. The second-order valence-electron chi connectivity index (χ2n) is 5.06. The molecule has 100 valence electrons. The summed E-state index contributed by atoms with van der Waals surface area (Å²) in [5.41, 5.74) is 6.39. The number of hydrogen-bond donors (Lipinski definition) is 1. The second kappa shape index (κ2) is 5.42. The molecular weight excluding hydrogens is 228 g/mol. The molecule has 1 aliphatic heterocycles. The van der Waals surface area contributed by atoms with E-state index in [9.17, 15) is 4.79 Å². The third kappa shape index (κ3) is 2.49. The van der Waals surface area contributed by atoms with Crippen molar-refractivity contribution in [2.75, 3.05) is 18.8 Å². The van der Waals surface area contributed by atoms with Gasteiger partial charge in [0.1, 0.15) is 11.4 Å². The fraction of sp³-hybridized carbons (Fsp3) is 0.692. The van der Waals surface area contributed by atoms with E-state index in [0.717, 1.165) is 31.8 Å². The maximum atomic E-state index is 12.4.